The molecule has 74 valence electrons. The van der Waals surface area contributed by atoms with Crippen molar-refractivity contribution in [2.24, 2.45) is 0 Å². The molecule has 0 aliphatic heterocycles. The van der Waals surface area contributed by atoms with E-state index >= 15 is 0 Å². The van der Waals surface area contributed by atoms with Crippen LogP contribution in [0.5, 0.6) is 0 Å². The average Bonchev–Trinajstić information content (AvgIpc) is 2.70. The molecule has 0 saturated carbocycles. The fourth-order valence-corrected chi connectivity index (χ4v) is 2.09. The molecule has 0 unspecified atom stereocenters. The summed E-state index contributed by atoms with van der Waals surface area (Å²) in [5.41, 5.74) is 6.60. The number of anilines is 1. The minimum atomic E-state index is 0.349. The Morgan fingerprint density at radius 1 is 1.50 bits per heavy atom. The number of nitrogens with zero attached hydrogens (tertiary/aromatic N) is 3. The molecular weight excluding hydrogens is 196 g/mol. The van der Waals surface area contributed by atoms with E-state index in [1.54, 1.807) is 17.7 Å². The summed E-state index contributed by atoms with van der Waals surface area (Å²) < 4.78 is 2.02. The standard InChI is InChI=1S/C9H12N4S/c1-6(2)13-5-11-12-9(13)8-7(10)3-4-14-8/h3-6H,10H2,1-2H3. The fraction of sp³-hybridized carbons (Fsp3) is 0.333. The molecule has 0 atom stereocenters. The largest absolute Gasteiger partial charge is 0.397 e. The molecule has 0 aliphatic carbocycles. The molecule has 2 aromatic heterocycles. The van der Waals surface area contributed by atoms with Crippen LogP contribution in [-0.2, 0) is 0 Å². The molecule has 2 rings (SSSR count). The number of nitrogens with two attached hydrogens (primary N) is 1. The Bertz CT molecular complexity index is 429. The van der Waals surface area contributed by atoms with Crippen LogP contribution in [0.25, 0.3) is 10.7 Å². The van der Waals surface area contributed by atoms with E-state index in [4.69, 9.17) is 5.73 Å². The topological polar surface area (TPSA) is 56.7 Å². The molecule has 0 fully saturated rings. The van der Waals surface area contributed by atoms with Gasteiger partial charge in [-0.25, -0.2) is 0 Å². The SMILES string of the molecule is CC(C)n1cnnc1-c1sccc1N. The number of hydrogen-bond acceptors (Lipinski definition) is 4. The Hall–Kier alpha value is -1.36. The van der Waals surface area contributed by atoms with Gasteiger partial charge in [0.05, 0.1) is 10.6 Å². The Labute approximate surface area is 86.4 Å². The van der Waals surface area contributed by atoms with E-state index in [-0.39, 0.29) is 0 Å². The zero-order valence-electron chi connectivity index (χ0n) is 8.14. The number of aromatic nitrogens is 3. The van der Waals surface area contributed by atoms with Crippen molar-refractivity contribution in [1.29, 1.82) is 0 Å². The molecule has 0 radical (unpaired) electrons. The van der Waals surface area contributed by atoms with Gasteiger partial charge in [0.1, 0.15) is 6.33 Å². The zero-order valence-corrected chi connectivity index (χ0v) is 8.95. The Balaban J connectivity index is 2.52. The van der Waals surface area contributed by atoms with E-state index < -0.39 is 0 Å². The molecule has 0 saturated heterocycles. The summed E-state index contributed by atoms with van der Waals surface area (Å²) in [6.07, 6.45) is 1.74. The third kappa shape index (κ3) is 1.39. The lowest BCUT2D eigenvalue weighted by atomic mass is 10.3. The Morgan fingerprint density at radius 2 is 2.29 bits per heavy atom. The van der Waals surface area contributed by atoms with Crippen LogP contribution in [0.2, 0.25) is 0 Å². The highest BCUT2D eigenvalue weighted by atomic mass is 32.1. The monoisotopic (exact) mass is 208 g/mol. The third-order valence-corrected chi connectivity index (χ3v) is 2.95. The van der Waals surface area contributed by atoms with E-state index in [1.165, 1.54) is 0 Å². The van der Waals surface area contributed by atoms with Crippen LogP contribution in [0.15, 0.2) is 17.8 Å². The van der Waals surface area contributed by atoms with Crippen molar-refractivity contribution in [3.05, 3.63) is 17.8 Å². The van der Waals surface area contributed by atoms with E-state index in [0.717, 1.165) is 16.4 Å². The maximum atomic E-state index is 5.83. The van der Waals surface area contributed by atoms with Crippen molar-refractivity contribution in [3.63, 3.8) is 0 Å². The first-order chi connectivity index (χ1) is 6.70. The predicted octanol–water partition coefficient (Wildman–Crippen LogP) is 2.17. The van der Waals surface area contributed by atoms with E-state index in [2.05, 4.69) is 24.0 Å². The van der Waals surface area contributed by atoms with Crippen LogP contribution in [0.4, 0.5) is 5.69 Å². The van der Waals surface area contributed by atoms with Crippen molar-refractivity contribution in [1.82, 2.24) is 14.8 Å². The average molecular weight is 208 g/mol. The van der Waals surface area contributed by atoms with Crippen molar-refractivity contribution < 1.29 is 0 Å². The Kier molecular flexibility index (Phi) is 2.25. The molecule has 0 aliphatic rings. The number of thiophene rings is 1. The molecule has 2 N–H and O–H groups in total. The van der Waals surface area contributed by atoms with Gasteiger partial charge in [-0.05, 0) is 25.3 Å². The minimum absolute atomic E-state index is 0.349. The van der Waals surface area contributed by atoms with E-state index in [0.29, 0.717) is 6.04 Å². The molecule has 0 aromatic carbocycles. The lowest BCUT2D eigenvalue weighted by Crippen LogP contribution is -2.01. The second-order valence-corrected chi connectivity index (χ2v) is 4.28. The van der Waals surface area contributed by atoms with Crippen molar-refractivity contribution >= 4 is 17.0 Å². The van der Waals surface area contributed by atoms with Crippen molar-refractivity contribution in [3.8, 4) is 10.7 Å². The lowest BCUT2D eigenvalue weighted by molar-refractivity contribution is 0.605. The van der Waals surface area contributed by atoms with Gasteiger partial charge in [0.15, 0.2) is 5.82 Å². The molecule has 2 aromatic rings. The number of hydrogen-bond donors (Lipinski definition) is 1. The van der Waals surface area contributed by atoms with Gasteiger partial charge in [-0.2, -0.15) is 0 Å². The summed E-state index contributed by atoms with van der Waals surface area (Å²) in [6.45, 7) is 4.19. The quantitative estimate of drug-likeness (QED) is 0.822. The van der Waals surface area contributed by atoms with Gasteiger partial charge in [-0.3, -0.25) is 0 Å². The maximum Gasteiger partial charge on any atom is 0.176 e. The summed E-state index contributed by atoms with van der Waals surface area (Å²) in [4.78, 5) is 0.996. The van der Waals surface area contributed by atoms with Gasteiger partial charge < -0.3 is 10.3 Å². The number of rotatable bonds is 2. The first-order valence-corrected chi connectivity index (χ1v) is 5.31. The van der Waals surface area contributed by atoms with E-state index in [1.807, 2.05) is 16.0 Å². The second kappa shape index (κ2) is 3.42. The molecule has 5 heteroatoms. The lowest BCUT2D eigenvalue weighted by Gasteiger charge is -2.08. The van der Waals surface area contributed by atoms with Crippen LogP contribution < -0.4 is 5.73 Å². The van der Waals surface area contributed by atoms with Crippen LogP contribution >= 0.6 is 11.3 Å². The highest BCUT2D eigenvalue weighted by molar-refractivity contribution is 7.14. The minimum Gasteiger partial charge on any atom is -0.397 e. The summed E-state index contributed by atoms with van der Waals surface area (Å²) in [5.74, 6) is 0.854. The molecule has 14 heavy (non-hydrogen) atoms. The predicted molar refractivity (Wildman–Crippen MR) is 58.1 cm³/mol. The summed E-state index contributed by atoms with van der Waals surface area (Å²) >= 11 is 1.59. The number of nitrogen functional groups attached to an aromatic ring is 1. The fourth-order valence-electron chi connectivity index (χ4n) is 1.28. The maximum absolute atomic E-state index is 5.83. The van der Waals surface area contributed by atoms with Gasteiger partial charge in [-0.15, -0.1) is 21.5 Å². The molecule has 0 spiro atoms. The Morgan fingerprint density at radius 3 is 2.86 bits per heavy atom. The second-order valence-electron chi connectivity index (χ2n) is 3.36. The van der Waals surface area contributed by atoms with Crippen molar-refractivity contribution in [2.45, 2.75) is 19.9 Å². The highest BCUT2D eigenvalue weighted by Gasteiger charge is 2.13. The molecule has 4 nitrogen and oxygen atoms in total. The smallest absolute Gasteiger partial charge is 0.176 e. The third-order valence-electron chi connectivity index (χ3n) is 2.03. The van der Waals surface area contributed by atoms with Crippen LogP contribution in [0, 0.1) is 0 Å². The van der Waals surface area contributed by atoms with Gasteiger partial charge in [0.2, 0.25) is 0 Å². The summed E-state index contributed by atoms with van der Waals surface area (Å²) in [7, 11) is 0. The first-order valence-electron chi connectivity index (χ1n) is 4.43. The van der Waals surface area contributed by atoms with E-state index in [9.17, 15) is 0 Å². The van der Waals surface area contributed by atoms with Gasteiger partial charge >= 0.3 is 0 Å². The summed E-state index contributed by atoms with van der Waals surface area (Å²) in [5, 5.41) is 9.95. The normalized spacial score (nSPS) is 11.1. The summed E-state index contributed by atoms with van der Waals surface area (Å²) in [6, 6.07) is 2.24. The van der Waals surface area contributed by atoms with Gasteiger partial charge in [0.25, 0.3) is 0 Å². The van der Waals surface area contributed by atoms with Gasteiger partial charge in [0, 0.05) is 6.04 Å². The molecule has 0 amide bonds. The first kappa shape index (κ1) is 9.21. The van der Waals surface area contributed by atoms with Crippen molar-refractivity contribution in [2.75, 3.05) is 5.73 Å². The zero-order chi connectivity index (χ0) is 10.1. The molecule has 0 bridgehead atoms. The van der Waals surface area contributed by atoms with Gasteiger partial charge in [-0.1, -0.05) is 0 Å². The van der Waals surface area contributed by atoms with Crippen LogP contribution in [0.3, 0.4) is 0 Å². The molecule has 2 heterocycles. The molecular formula is C9H12N4S. The van der Waals surface area contributed by atoms with Crippen LogP contribution in [-0.4, -0.2) is 14.8 Å². The highest BCUT2D eigenvalue weighted by Crippen LogP contribution is 2.30. The van der Waals surface area contributed by atoms with Crippen LogP contribution in [0.1, 0.15) is 19.9 Å².